The van der Waals surface area contributed by atoms with Crippen LogP contribution in [0.2, 0.25) is 0 Å². The standard InChI is InChI=1S/C16H24N4O3/c21-16(20-7-11-23-12-8-20)15-13-14(1-2-18-15)17-3-4-19-5-9-22-10-6-19/h1-2,13H,3-12H2,(H,17,18). The molecule has 2 aliphatic heterocycles. The van der Waals surface area contributed by atoms with Crippen LogP contribution >= 0.6 is 0 Å². The summed E-state index contributed by atoms with van der Waals surface area (Å²) in [5, 5.41) is 3.37. The molecule has 1 amide bonds. The summed E-state index contributed by atoms with van der Waals surface area (Å²) < 4.78 is 10.6. The van der Waals surface area contributed by atoms with Crippen molar-refractivity contribution in [3.63, 3.8) is 0 Å². The lowest BCUT2D eigenvalue weighted by atomic mass is 10.2. The third-order valence-electron chi connectivity index (χ3n) is 4.14. The molecule has 0 aromatic carbocycles. The Labute approximate surface area is 136 Å². The summed E-state index contributed by atoms with van der Waals surface area (Å²) in [5.74, 6) is -0.0230. The molecule has 0 bridgehead atoms. The number of aromatic nitrogens is 1. The minimum absolute atomic E-state index is 0.0230. The van der Waals surface area contributed by atoms with Gasteiger partial charge in [-0.2, -0.15) is 0 Å². The molecular weight excluding hydrogens is 296 g/mol. The van der Waals surface area contributed by atoms with Gasteiger partial charge in [-0.05, 0) is 12.1 Å². The van der Waals surface area contributed by atoms with Gasteiger partial charge >= 0.3 is 0 Å². The van der Waals surface area contributed by atoms with Gasteiger partial charge in [-0.15, -0.1) is 0 Å². The van der Waals surface area contributed by atoms with Gasteiger partial charge in [-0.25, -0.2) is 0 Å². The van der Waals surface area contributed by atoms with Crippen LogP contribution in [0, 0.1) is 0 Å². The van der Waals surface area contributed by atoms with Crippen molar-refractivity contribution in [3.8, 4) is 0 Å². The van der Waals surface area contributed by atoms with Crippen molar-refractivity contribution in [1.29, 1.82) is 0 Å². The van der Waals surface area contributed by atoms with E-state index in [1.165, 1.54) is 0 Å². The average molecular weight is 320 g/mol. The molecule has 1 N–H and O–H groups in total. The van der Waals surface area contributed by atoms with Crippen molar-refractivity contribution in [3.05, 3.63) is 24.0 Å². The smallest absolute Gasteiger partial charge is 0.272 e. The first-order valence-electron chi connectivity index (χ1n) is 8.20. The molecule has 3 heterocycles. The Hall–Kier alpha value is -1.70. The van der Waals surface area contributed by atoms with E-state index in [2.05, 4.69) is 15.2 Å². The Kier molecular flexibility index (Phi) is 5.79. The summed E-state index contributed by atoms with van der Waals surface area (Å²) in [6.07, 6.45) is 1.69. The van der Waals surface area contributed by atoms with Gasteiger partial charge in [0.05, 0.1) is 26.4 Å². The lowest BCUT2D eigenvalue weighted by Crippen LogP contribution is -2.41. The van der Waals surface area contributed by atoms with Crippen molar-refractivity contribution >= 4 is 11.6 Å². The molecule has 0 spiro atoms. The summed E-state index contributed by atoms with van der Waals surface area (Å²) >= 11 is 0. The van der Waals surface area contributed by atoms with Crippen molar-refractivity contribution in [2.24, 2.45) is 0 Å². The van der Waals surface area contributed by atoms with E-state index < -0.39 is 0 Å². The fourth-order valence-electron chi connectivity index (χ4n) is 2.77. The second-order valence-electron chi connectivity index (χ2n) is 5.72. The summed E-state index contributed by atoms with van der Waals surface area (Å²) in [4.78, 5) is 20.8. The van der Waals surface area contributed by atoms with Crippen LogP contribution in [0.4, 0.5) is 5.69 Å². The number of nitrogens with zero attached hydrogens (tertiary/aromatic N) is 3. The Balaban J connectivity index is 1.51. The van der Waals surface area contributed by atoms with Crippen LogP contribution in [0.1, 0.15) is 10.5 Å². The van der Waals surface area contributed by atoms with Gasteiger partial charge in [-0.1, -0.05) is 0 Å². The highest BCUT2D eigenvalue weighted by Gasteiger charge is 2.19. The topological polar surface area (TPSA) is 66.9 Å². The monoisotopic (exact) mass is 320 g/mol. The zero-order valence-corrected chi connectivity index (χ0v) is 13.4. The first-order chi connectivity index (χ1) is 11.3. The van der Waals surface area contributed by atoms with Crippen LogP contribution < -0.4 is 5.32 Å². The second kappa shape index (κ2) is 8.24. The molecule has 2 fully saturated rings. The van der Waals surface area contributed by atoms with E-state index in [1.807, 2.05) is 12.1 Å². The number of carbonyl (C=O) groups is 1. The zero-order chi connectivity index (χ0) is 15.9. The van der Waals surface area contributed by atoms with E-state index in [-0.39, 0.29) is 5.91 Å². The molecule has 0 atom stereocenters. The number of pyridine rings is 1. The van der Waals surface area contributed by atoms with E-state index in [9.17, 15) is 4.79 Å². The molecule has 1 aromatic heterocycles. The third kappa shape index (κ3) is 4.63. The van der Waals surface area contributed by atoms with Gasteiger partial charge < -0.3 is 19.7 Å². The predicted octanol–water partition coefficient (Wildman–Crippen LogP) is 0.298. The SMILES string of the molecule is O=C(c1cc(NCCN2CCOCC2)ccn1)N1CCOCC1. The van der Waals surface area contributed by atoms with Crippen LogP contribution in [-0.4, -0.2) is 86.4 Å². The highest BCUT2D eigenvalue weighted by atomic mass is 16.5. The normalized spacial score (nSPS) is 19.6. The van der Waals surface area contributed by atoms with Crippen molar-refractivity contribution in [2.75, 3.05) is 71.0 Å². The molecule has 126 valence electrons. The van der Waals surface area contributed by atoms with Gasteiger partial charge in [0.2, 0.25) is 0 Å². The van der Waals surface area contributed by atoms with Gasteiger partial charge in [0.1, 0.15) is 5.69 Å². The summed E-state index contributed by atoms with van der Waals surface area (Å²) in [7, 11) is 0. The summed E-state index contributed by atoms with van der Waals surface area (Å²) in [5.41, 5.74) is 1.42. The lowest BCUT2D eigenvalue weighted by Gasteiger charge is -2.27. The van der Waals surface area contributed by atoms with E-state index in [1.54, 1.807) is 11.1 Å². The number of anilines is 1. The Bertz CT molecular complexity index is 514. The Morgan fingerprint density at radius 1 is 1.13 bits per heavy atom. The second-order valence-corrected chi connectivity index (χ2v) is 5.72. The number of amides is 1. The molecule has 0 aliphatic carbocycles. The third-order valence-corrected chi connectivity index (χ3v) is 4.14. The van der Waals surface area contributed by atoms with Gasteiger partial charge in [0.25, 0.3) is 5.91 Å². The van der Waals surface area contributed by atoms with E-state index >= 15 is 0 Å². The first-order valence-corrected chi connectivity index (χ1v) is 8.20. The molecule has 0 radical (unpaired) electrons. The molecule has 2 aliphatic rings. The number of ether oxygens (including phenoxy) is 2. The highest BCUT2D eigenvalue weighted by Crippen LogP contribution is 2.11. The lowest BCUT2D eigenvalue weighted by molar-refractivity contribution is 0.0299. The molecule has 0 saturated carbocycles. The average Bonchev–Trinajstić information content (AvgIpc) is 2.63. The quantitative estimate of drug-likeness (QED) is 0.842. The van der Waals surface area contributed by atoms with Crippen LogP contribution in [-0.2, 0) is 9.47 Å². The van der Waals surface area contributed by atoms with Crippen LogP contribution in [0.15, 0.2) is 18.3 Å². The van der Waals surface area contributed by atoms with E-state index in [0.717, 1.165) is 45.1 Å². The van der Waals surface area contributed by atoms with Gasteiger partial charge in [0, 0.05) is 51.2 Å². The maximum absolute atomic E-state index is 12.4. The number of nitrogens with one attached hydrogen (secondary N) is 1. The molecule has 3 rings (SSSR count). The maximum atomic E-state index is 12.4. The fraction of sp³-hybridized carbons (Fsp3) is 0.625. The summed E-state index contributed by atoms with van der Waals surface area (Å²) in [6, 6.07) is 3.73. The maximum Gasteiger partial charge on any atom is 0.272 e. The Morgan fingerprint density at radius 2 is 1.83 bits per heavy atom. The van der Waals surface area contributed by atoms with Crippen molar-refractivity contribution < 1.29 is 14.3 Å². The number of morpholine rings is 2. The molecule has 0 unspecified atom stereocenters. The first kappa shape index (κ1) is 16.2. The van der Waals surface area contributed by atoms with Crippen molar-refractivity contribution in [1.82, 2.24) is 14.8 Å². The van der Waals surface area contributed by atoms with Crippen molar-refractivity contribution in [2.45, 2.75) is 0 Å². The van der Waals surface area contributed by atoms with Crippen LogP contribution in [0.25, 0.3) is 0 Å². The molecule has 7 nitrogen and oxygen atoms in total. The number of hydrogen-bond donors (Lipinski definition) is 1. The molecule has 23 heavy (non-hydrogen) atoms. The largest absolute Gasteiger partial charge is 0.384 e. The Morgan fingerprint density at radius 3 is 2.57 bits per heavy atom. The van der Waals surface area contributed by atoms with E-state index in [4.69, 9.17) is 9.47 Å². The van der Waals surface area contributed by atoms with E-state index in [0.29, 0.717) is 32.0 Å². The van der Waals surface area contributed by atoms with Crippen LogP contribution in [0.3, 0.4) is 0 Å². The zero-order valence-electron chi connectivity index (χ0n) is 13.4. The molecule has 7 heteroatoms. The van der Waals surface area contributed by atoms with Crippen LogP contribution in [0.5, 0.6) is 0 Å². The minimum atomic E-state index is -0.0230. The number of hydrogen-bond acceptors (Lipinski definition) is 6. The summed E-state index contributed by atoms with van der Waals surface area (Å²) in [6.45, 7) is 7.88. The fourth-order valence-corrected chi connectivity index (χ4v) is 2.77. The predicted molar refractivity (Wildman–Crippen MR) is 86.7 cm³/mol. The number of carbonyl (C=O) groups excluding carboxylic acids is 1. The van der Waals surface area contributed by atoms with Gasteiger partial charge in [0.15, 0.2) is 0 Å². The highest BCUT2D eigenvalue weighted by molar-refractivity contribution is 5.93. The minimum Gasteiger partial charge on any atom is -0.384 e. The molecule has 2 saturated heterocycles. The number of rotatable bonds is 5. The van der Waals surface area contributed by atoms with Gasteiger partial charge in [-0.3, -0.25) is 14.7 Å². The molecule has 1 aromatic rings. The molecular formula is C16H24N4O3.